The highest BCUT2D eigenvalue weighted by atomic mass is 35.5. The normalized spacial score (nSPS) is 11.0. The Hall–Kier alpha value is -1.06. The Labute approximate surface area is 86.7 Å². The predicted molar refractivity (Wildman–Crippen MR) is 56.5 cm³/mol. The van der Waals surface area contributed by atoms with E-state index in [0.717, 1.165) is 34.3 Å². The van der Waals surface area contributed by atoms with Gasteiger partial charge < -0.3 is 5.11 Å². The monoisotopic (exact) mass is 210 g/mol. The van der Waals surface area contributed by atoms with E-state index in [1.54, 1.807) is 6.20 Å². The molecule has 0 amide bonds. The lowest BCUT2D eigenvalue weighted by molar-refractivity contribution is 0.288. The van der Waals surface area contributed by atoms with E-state index in [1.807, 2.05) is 12.1 Å². The highest BCUT2D eigenvalue weighted by Crippen LogP contribution is 2.23. The van der Waals surface area contributed by atoms with Gasteiger partial charge in [0.2, 0.25) is 0 Å². The fraction of sp³-hybridized carbons (Fsp3) is 0.300. The van der Waals surface area contributed by atoms with Crippen LogP contribution in [0.3, 0.4) is 0 Å². The molecule has 1 heterocycles. The fourth-order valence-corrected chi connectivity index (χ4v) is 1.73. The average molecular weight is 211 g/mol. The van der Waals surface area contributed by atoms with Crippen LogP contribution >= 0.6 is 11.6 Å². The molecule has 14 heavy (non-hydrogen) atoms. The number of aromatic nitrogens is 2. The van der Waals surface area contributed by atoms with Gasteiger partial charge in [0.05, 0.1) is 11.7 Å². The van der Waals surface area contributed by atoms with Gasteiger partial charge in [-0.1, -0.05) is 11.6 Å². The largest absolute Gasteiger partial charge is 0.396 e. The lowest BCUT2D eigenvalue weighted by Gasteiger charge is -2.02. The quantitative estimate of drug-likeness (QED) is 0.816. The first-order valence-electron chi connectivity index (χ1n) is 4.53. The van der Waals surface area contributed by atoms with E-state index in [0.29, 0.717) is 0 Å². The maximum atomic E-state index is 8.73. The lowest BCUT2D eigenvalue weighted by Crippen LogP contribution is -1.90. The Balaban J connectivity index is 2.38. The summed E-state index contributed by atoms with van der Waals surface area (Å²) in [5.41, 5.74) is 2.01. The number of aryl methyl sites for hydroxylation is 1. The molecule has 0 aliphatic heterocycles. The van der Waals surface area contributed by atoms with E-state index in [9.17, 15) is 0 Å². The van der Waals surface area contributed by atoms with Gasteiger partial charge in [-0.15, -0.1) is 0 Å². The first kappa shape index (κ1) is 9.49. The second-order valence-electron chi connectivity index (χ2n) is 3.23. The number of aliphatic hydroxyl groups excluding tert-OH is 1. The van der Waals surface area contributed by atoms with Gasteiger partial charge in [-0.3, -0.25) is 5.10 Å². The van der Waals surface area contributed by atoms with Crippen LogP contribution in [-0.2, 0) is 6.42 Å². The van der Waals surface area contributed by atoms with E-state index in [2.05, 4.69) is 10.2 Å². The predicted octanol–water partition coefficient (Wildman–Crippen LogP) is 2.14. The average Bonchev–Trinajstić information content (AvgIpc) is 2.61. The van der Waals surface area contributed by atoms with E-state index in [4.69, 9.17) is 16.7 Å². The van der Waals surface area contributed by atoms with Gasteiger partial charge in [-0.25, -0.2) is 0 Å². The minimum atomic E-state index is 0.194. The topological polar surface area (TPSA) is 48.9 Å². The molecule has 0 saturated heterocycles. The third kappa shape index (κ3) is 1.74. The molecule has 0 aliphatic rings. The molecule has 0 bridgehead atoms. The number of hydrogen-bond acceptors (Lipinski definition) is 2. The first-order chi connectivity index (χ1) is 6.81. The molecule has 3 nitrogen and oxygen atoms in total. The fourth-order valence-electron chi connectivity index (χ4n) is 1.47. The lowest BCUT2D eigenvalue weighted by atomic mass is 10.1. The standard InChI is InChI=1S/C10H11ClN2O/c11-9-5-10-8(6-12-13-10)4-7(9)2-1-3-14/h4-6,14H,1-3H2,(H,12,13). The number of H-pyrrole nitrogens is 1. The van der Waals surface area contributed by atoms with Crippen molar-refractivity contribution in [3.8, 4) is 0 Å². The number of nitrogens with one attached hydrogen (secondary N) is 1. The van der Waals surface area contributed by atoms with Gasteiger partial charge in [0.15, 0.2) is 0 Å². The third-order valence-corrected chi connectivity index (χ3v) is 2.56. The van der Waals surface area contributed by atoms with Crippen molar-refractivity contribution in [3.05, 3.63) is 28.9 Å². The molecule has 2 N–H and O–H groups in total. The van der Waals surface area contributed by atoms with Crippen molar-refractivity contribution in [1.82, 2.24) is 10.2 Å². The molecule has 2 aromatic rings. The third-order valence-electron chi connectivity index (χ3n) is 2.21. The molecule has 1 aromatic heterocycles. The Kier molecular flexibility index (Phi) is 2.70. The Morgan fingerprint density at radius 1 is 1.43 bits per heavy atom. The maximum absolute atomic E-state index is 8.73. The van der Waals surface area contributed by atoms with Crippen molar-refractivity contribution in [1.29, 1.82) is 0 Å². The Morgan fingerprint density at radius 3 is 3.07 bits per heavy atom. The summed E-state index contributed by atoms with van der Waals surface area (Å²) >= 11 is 6.07. The number of aliphatic hydroxyl groups is 1. The second-order valence-corrected chi connectivity index (χ2v) is 3.64. The van der Waals surface area contributed by atoms with Crippen LogP contribution < -0.4 is 0 Å². The highest BCUT2D eigenvalue weighted by Gasteiger charge is 2.03. The van der Waals surface area contributed by atoms with Crippen molar-refractivity contribution in [3.63, 3.8) is 0 Å². The summed E-state index contributed by atoms with van der Waals surface area (Å²) in [5.74, 6) is 0. The zero-order valence-electron chi connectivity index (χ0n) is 7.63. The number of hydrogen-bond donors (Lipinski definition) is 2. The Bertz CT molecular complexity index is 439. The van der Waals surface area contributed by atoms with E-state index in [-0.39, 0.29) is 6.61 Å². The summed E-state index contributed by atoms with van der Waals surface area (Å²) in [6.45, 7) is 0.194. The van der Waals surface area contributed by atoms with Crippen LogP contribution in [0.4, 0.5) is 0 Å². The SMILES string of the molecule is OCCCc1cc2cn[nH]c2cc1Cl. The smallest absolute Gasteiger partial charge is 0.0665 e. The summed E-state index contributed by atoms with van der Waals surface area (Å²) in [6.07, 6.45) is 3.31. The number of fused-ring (bicyclic) bond motifs is 1. The molecule has 1 aromatic carbocycles. The summed E-state index contributed by atoms with van der Waals surface area (Å²) in [5, 5.41) is 17.3. The van der Waals surface area contributed by atoms with Gasteiger partial charge >= 0.3 is 0 Å². The van der Waals surface area contributed by atoms with Crippen LogP contribution in [0.25, 0.3) is 10.9 Å². The molecular formula is C10H11ClN2O. The van der Waals surface area contributed by atoms with Crippen molar-refractivity contribution in [2.75, 3.05) is 6.61 Å². The van der Waals surface area contributed by atoms with Crippen LogP contribution in [0.1, 0.15) is 12.0 Å². The van der Waals surface area contributed by atoms with Gasteiger partial charge in [-0.05, 0) is 30.5 Å². The molecule has 0 fully saturated rings. The van der Waals surface area contributed by atoms with Gasteiger partial charge in [0, 0.05) is 17.0 Å². The summed E-state index contributed by atoms with van der Waals surface area (Å²) in [7, 11) is 0. The molecule has 0 saturated carbocycles. The van der Waals surface area contributed by atoms with Crippen molar-refractivity contribution < 1.29 is 5.11 Å². The molecule has 0 atom stereocenters. The van der Waals surface area contributed by atoms with Crippen LogP contribution in [0.2, 0.25) is 5.02 Å². The van der Waals surface area contributed by atoms with Crippen molar-refractivity contribution in [2.45, 2.75) is 12.8 Å². The first-order valence-corrected chi connectivity index (χ1v) is 4.91. The zero-order valence-corrected chi connectivity index (χ0v) is 8.38. The number of benzene rings is 1. The van der Waals surface area contributed by atoms with Crippen molar-refractivity contribution >= 4 is 22.5 Å². The van der Waals surface area contributed by atoms with E-state index >= 15 is 0 Å². The minimum absolute atomic E-state index is 0.194. The van der Waals surface area contributed by atoms with E-state index < -0.39 is 0 Å². The molecule has 74 valence electrons. The summed E-state index contributed by atoms with van der Waals surface area (Å²) in [4.78, 5) is 0. The number of rotatable bonds is 3. The Morgan fingerprint density at radius 2 is 2.29 bits per heavy atom. The highest BCUT2D eigenvalue weighted by molar-refractivity contribution is 6.32. The summed E-state index contributed by atoms with van der Waals surface area (Å²) < 4.78 is 0. The maximum Gasteiger partial charge on any atom is 0.0665 e. The molecule has 0 unspecified atom stereocenters. The summed E-state index contributed by atoms with van der Waals surface area (Å²) in [6, 6.07) is 3.88. The van der Waals surface area contributed by atoms with Crippen LogP contribution in [0.15, 0.2) is 18.3 Å². The zero-order chi connectivity index (χ0) is 9.97. The molecule has 0 radical (unpaired) electrons. The number of halogens is 1. The number of aromatic amines is 1. The minimum Gasteiger partial charge on any atom is -0.396 e. The van der Waals surface area contributed by atoms with Gasteiger partial charge in [-0.2, -0.15) is 5.10 Å². The molecule has 0 aliphatic carbocycles. The molecule has 4 heteroatoms. The van der Waals surface area contributed by atoms with Crippen LogP contribution in [0, 0.1) is 0 Å². The van der Waals surface area contributed by atoms with Gasteiger partial charge in [0.1, 0.15) is 0 Å². The van der Waals surface area contributed by atoms with Crippen LogP contribution in [0.5, 0.6) is 0 Å². The molecule has 0 spiro atoms. The molecule has 2 rings (SSSR count). The van der Waals surface area contributed by atoms with Crippen LogP contribution in [-0.4, -0.2) is 21.9 Å². The number of nitrogens with zero attached hydrogens (tertiary/aromatic N) is 1. The second kappa shape index (κ2) is 3.98. The van der Waals surface area contributed by atoms with E-state index in [1.165, 1.54) is 0 Å². The molecular weight excluding hydrogens is 200 g/mol. The van der Waals surface area contributed by atoms with Gasteiger partial charge in [0.25, 0.3) is 0 Å². The van der Waals surface area contributed by atoms with Crippen molar-refractivity contribution in [2.24, 2.45) is 0 Å².